The summed E-state index contributed by atoms with van der Waals surface area (Å²) in [7, 11) is 4.07. The summed E-state index contributed by atoms with van der Waals surface area (Å²) < 4.78 is 5.43. The Balaban J connectivity index is 1.76. The number of carbonyl (C=O) groups excluding carboxylic acids is 1. The summed E-state index contributed by atoms with van der Waals surface area (Å²) in [4.78, 5) is 17.8. The summed E-state index contributed by atoms with van der Waals surface area (Å²) >= 11 is 0. The number of nitrogens with zero attached hydrogens (tertiary/aromatic N) is 2. The van der Waals surface area contributed by atoms with Crippen molar-refractivity contribution in [2.75, 3.05) is 39.3 Å². The van der Waals surface area contributed by atoms with Crippen molar-refractivity contribution in [3.05, 3.63) is 7.05 Å². The first-order valence-electron chi connectivity index (χ1n) is 7.74. The van der Waals surface area contributed by atoms with E-state index in [9.17, 15) is 4.79 Å². The van der Waals surface area contributed by atoms with Crippen LogP contribution in [0.4, 0.5) is 4.79 Å². The van der Waals surface area contributed by atoms with Crippen LogP contribution in [-0.4, -0.2) is 66.8 Å². The lowest BCUT2D eigenvalue weighted by Gasteiger charge is -2.42. The zero-order valence-electron chi connectivity index (χ0n) is 13.2. The normalized spacial score (nSPS) is 23.9. The van der Waals surface area contributed by atoms with Gasteiger partial charge in [0.05, 0.1) is 13.1 Å². The van der Waals surface area contributed by atoms with Crippen molar-refractivity contribution in [2.24, 2.45) is 0 Å². The van der Waals surface area contributed by atoms with Crippen LogP contribution in [0.15, 0.2) is 0 Å². The van der Waals surface area contributed by atoms with E-state index in [1.54, 1.807) is 0 Å². The third-order valence-corrected chi connectivity index (χ3v) is 4.14. The second-order valence-corrected chi connectivity index (χ2v) is 6.98. The number of piperidine rings is 1. The van der Waals surface area contributed by atoms with Crippen molar-refractivity contribution >= 4 is 6.09 Å². The van der Waals surface area contributed by atoms with Gasteiger partial charge in [-0.3, -0.25) is 4.90 Å². The van der Waals surface area contributed by atoms with Crippen molar-refractivity contribution in [2.45, 2.75) is 45.3 Å². The molecule has 0 radical (unpaired) electrons. The second kappa shape index (κ2) is 6.31. The third-order valence-electron chi connectivity index (χ3n) is 4.14. The van der Waals surface area contributed by atoms with Crippen LogP contribution in [0.3, 0.4) is 0 Å². The number of quaternary nitrogens is 1. The van der Waals surface area contributed by atoms with Gasteiger partial charge in [0.15, 0.2) is 0 Å². The van der Waals surface area contributed by atoms with Gasteiger partial charge >= 0.3 is 6.09 Å². The van der Waals surface area contributed by atoms with Gasteiger partial charge in [-0.2, -0.15) is 7.05 Å². The van der Waals surface area contributed by atoms with Gasteiger partial charge in [0.2, 0.25) is 0 Å². The number of likely N-dealkylation sites (tertiary alicyclic amines) is 1. The molecule has 0 bridgehead atoms. The first-order chi connectivity index (χ1) is 9.35. The van der Waals surface area contributed by atoms with Crippen LogP contribution in [0.1, 0.15) is 33.6 Å². The van der Waals surface area contributed by atoms with Gasteiger partial charge in [0, 0.05) is 32.2 Å². The molecule has 5 nitrogen and oxygen atoms in total. The molecule has 0 aliphatic carbocycles. The Morgan fingerprint density at radius 1 is 1.15 bits per heavy atom. The Morgan fingerprint density at radius 2 is 1.70 bits per heavy atom. The molecule has 116 valence electrons. The van der Waals surface area contributed by atoms with E-state index >= 15 is 0 Å². The topological polar surface area (TPSA) is 37.2 Å². The Kier molecular flexibility index (Phi) is 4.91. The summed E-state index contributed by atoms with van der Waals surface area (Å²) in [5.41, 5.74) is -0.402. The van der Waals surface area contributed by atoms with Gasteiger partial charge in [-0.25, -0.2) is 4.79 Å². The molecule has 2 heterocycles. The SMILES string of the molecule is [CH2-][NH+]1CCN(C2CCN(C(=O)OC(C)(C)C)CC2)CC1. The van der Waals surface area contributed by atoms with E-state index in [1.807, 2.05) is 25.7 Å². The summed E-state index contributed by atoms with van der Waals surface area (Å²) in [6.45, 7) is 11.9. The fourth-order valence-corrected chi connectivity index (χ4v) is 2.95. The van der Waals surface area contributed by atoms with Crippen molar-refractivity contribution < 1.29 is 14.4 Å². The molecular weight excluding hydrogens is 254 g/mol. The highest BCUT2D eigenvalue weighted by Gasteiger charge is 2.30. The Labute approximate surface area is 122 Å². The summed E-state index contributed by atoms with van der Waals surface area (Å²) in [5.74, 6) is 0. The summed E-state index contributed by atoms with van der Waals surface area (Å²) in [6, 6.07) is 0.627. The van der Waals surface area contributed by atoms with Crippen LogP contribution >= 0.6 is 0 Å². The lowest BCUT2D eigenvalue weighted by molar-refractivity contribution is -0.859. The monoisotopic (exact) mass is 283 g/mol. The molecule has 5 heteroatoms. The molecule has 2 rings (SSSR count). The number of piperazine rings is 1. The lowest BCUT2D eigenvalue weighted by Crippen LogP contribution is -3.10. The highest BCUT2D eigenvalue weighted by molar-refractivity contribution is 5.68. The van der Waals surface area contributed by atoms with Gasteiger partial charge in [-0.1, -0.05) is 0 Å². The minimum Gasteiger partial charge on any atom is -0.466 e. The maximum absolute atomic E-state index is 12.0. The maximum Gasteiger partial charge on any atom is 0.410 e. The number of hydrogen-bond donors (Lipinski definition) is 1. The third kappa shape index (κ3) is 4.35. The number of nitrogens with one attached hydrogen (secondary N) is 1. The molecule has 20 heavy (non-hydrogen) atoms. The fraction of sp³-hybridized carbons (Fsp3) is 0.867. The highest BCUT2D eigenvalue weighted by atomic mass is 16.6. The highest BCUT2D eigenvalue weighted by Crippen LogP contribution is 2.19. The molecule has 2 fully saturated rings. The lowest BCUT2D eigenvalue weighted by atomic mass is 10.0. The average molecular weight is 283 g/mol. The van der Waals surface area contributed by atoms with E-state index in [0.717, 1.165) is 52.1 Å². The zero-order chi connectivity index (χ0) is 14.8. The van der Waals surface area contributed by atoms with E-state index in [2.05, 4.69) is 11.9 Å². The molecule has 2 aliphatic heterocycles. The quantitative estimate of drug-likeness (QED) is 0.707. The van der Waals surface area contributed by atoms with Gasteiger partial charge in [-0.15, -0.1) is 0 Å². The van der Waals surface area contributed by atoms with Crippen molar-refractivity contribution in [1.29, 1.82) is 0 Å². The predicted molar refractivity (Wildman–Crippen MR) is 78.5 cm³/mol. The number of ether oxygens (including phenoxy) is 1. The molecule has 0 aromatic heterocycles. The first-order valence-corrected chi connectivity index (χ1v) is 7.74. The fourth-order valence-electron chi connectivity index (χ4n) is 2.95. The summed E-state index contributed by atoms with van der Waals surface area (Å²) in [5, 5.41) is 0. The van der Waals surface area contributed by atoms with Gasteiger partial charge in [-0.05, 0) is 33.6 Å². The van der Waals surface area contributed by atoms with E-state index in [0.29, 0.717) is 6.04 Å². The Bertz CT molecular complexity index is 325. The van der Waals surface area contributed by atoms with Crippen LogP contribution in [-0.2, 0) is 4.74 Å². The standard InChI is InChI=1S/C15H29N3O2/c1-15(2,3)20-14(19)18-7-5-13(6-8-18)17-11-9-16(4)10-12-17/h13,16H,4-12H2,1-3H3. The van der Waals surface area contributed by atoms with Crippen molar-refractivity contribution in [1.82, 2.24) is 9.80 Å². The minimum atomic E-state index is -0.402. The first kappa shape index (κ1) is 15.6. The minimum absolute atomic E-state index is 0.164. The summed E-state index contributed by atoms with van der Waals surface area (Å²) in [6.07, 6.45) is 1.96. The van der Waals surface area contributed by atoms with Crippen LogP contribution in [0.25, 0.3) is 0 Å². The van der Waals surface area contributed by atoms with Gasteiger partial charge in [0.1, 0.15) is 5.60 Å². The van der Waals surface area contributed by atoms with E-state index in [1.165, 1.54) is 4.90 Å². The number of amides is 1. The molecule has 0 unspecified atom stereocenters. The van der Waals surface area contributed by atoms with Crippen LogP contribution in [0, 0.1) is 7.05 Å². The molecule has 1 amide bonds. The maximum atomic E-state index is 12.0. The smallest absolute Gasteiger partial charge is 0.410 e. The molecule has 0 aromatic rings. The van der Waals surface area contributed by atoms with Crippen molar-refractivity contribution in [3.8, 4) is 0 Å². The molecule has 0 aromatic carbocycles. The molecule has 1 N–H and O–H groups in total. The zero-order valence-corrected chi connectivity index (χ0v) is 13.2. The number of rotatable bonds is 1. The predicted octanol–water partition coefficient (Wildman–Crippen LogP) is 0.378. The second-order valence-electron chi connectivity index (χ2n) is 6.98. The van der Waals surface area contributed by atoms with Crippen LogP contribution < -0.4 is 4.90 Å². The largest absolute Gasteiger partial charge is 0.466 e. The van der Waals surface area contributed by atoms with Crippen LogP contribution in [0.2, 0.25) is 0 Å². The molecule has 0 saturated carbocycles. The molecule has 0 spiro atoms. The number of hydrogen-bond acceptors (Lipinski definition) is 3. The van der Waals surface area contributed by atoms with Crippen LogP contribution in [0.5, 0.6) is 0 Å². The Morgan fingerprint density at radius 3 is 2.20 bits per heavy atom. The van der Waals surface area contributed by atoms with Gasteiger partial charge in [0.25, 0.3) is 0 Å². The van der Waals surface area contributed by atoms with E-state index in [4.69, 9.17) is 4.74 Å². The van der Waals surface area contributed by atoms with Crippen molar-refractivity contribution in [3.63, 3.8) is 0 Å². The molecule has 2 saturated heterocycles. The average Bonchev–Trinajstić information content (AvgIpc) is 2.38. The molecule has 2 aliphatic rings. The van der Waals surface area contributed by atoms with E-state index in [-0.39, 0.29) is 6.09 Å². The Hall–Kier alpha value is -0.810. The molecular formula is C15H29N3O2. The van der Waals surface area contributed by atoms with E-state index < -0.39 is 5.60 Å². The molecule has 0 atom stereocenters. The van der Waals surface area contributed by atoms with Gasteiger partial charge < -0.3 is 14.5 Å². The number of carbonyl (C=O) groups is 1.